The van der Waals surface area contributed by atoms with E-state index in [4.69, 9.17) is 14.9 Å². The Bertz CT molecular complexity index is 358. The van der Waals surface area contributed by atoms with Gasteiger partial charge < -0.3 is 20.1 Å². The van der Waals surface area contributed by atoms with E-state index in [1.807, 2.05) is 0 Å². The van der Waals surface area contributed by atoms with Crippen molar-refractivity contribution in [3.63, 3.8) is 0 Å². The first kappa shape index (κ1) is 10.3. The molecule has 0 amide bonds. The monoisotopic (exact) mass is 198 g/mol. The summed E-state index contributed by atoms with van der Waals surface area (Å²) in [5, 5.41) is 26.9. The Labute approximate surface area is 80.2 Å². The second kappa shape index (κ2) is 3.97. The third-order valence-electron chi connectivity index (χ3n) is 1.81. The molecule has 0 saturated heterocycles. The summed E-state index contributed by atoms with van der Waals surface area (Å²) < 4.78 is 4.77. The molecule has 1 aromatic rings. The van der Waals surface area contributed by atoms with Crippen LogP contribution in [0.5, 0.6) is 11.5 Å². The highest BCUT2D eigenvalue weighted by atomic mass is 16.5. The summed E-state index contributed by atoms with van der Waals surface area (Å²) in [5.41, 5.74) is 0.0675. The number of ether oxygens (including phenoxy) is 1. The molecule has 0 bridgehead atoms. The highest BCUT2D eigenvalue weighted by Crippen LogP contribution is 2.29. The number of phenols is 1. The predicted octanol–water partition coefficient (Wildman–Crippen LogP) is 0.591. The van der Waals surface area contributed by atoms with Gasteiger partial charge in [0.2, 0.25) is 0 Å². The number of rotatable bonds is 3. The van der Waals surface area contributed by atoms with Crippen LogP contribution < -0.4 is 4.74 Å². The van der Waals surface area contributed by atoms with E-state index in [2.05, 4.69) is 0 Å². The molecule has 0 aromatic heterocycles. The molecule has 0 spiro atoms. The average Bonchev–Trinajstić information content (AvgIpc) is 2.17. The molecule has 5 nitrogen and oxygen atoms in total. The van der Waals surface area contributed by atoms with Crippen molar-refractivity contribution in [3.8, 4) is 11.5 Å². The number of hydrogen-bond acceptors (Lipinski definition) is 4. The zero-order valence-electron chi connectivity index (χ0n) is 7.52. The first-order valence-electron chi connectivity index (χ1n) is 3.84. The van der Waals surface area contributed by atoms with Gasteiger partial charge in [-0.05, 0) is 17.7 Å². The number of aliphatic hydroxyl groups excluding tert-OH is 1. The normalized spacial score (nSPS) is 9.86. The number of benzene rings is 1. The van der Waals surface area contributed by atoms with Gasteiger partial charge in [0.05, 0.1) is 19.3 Å². The van der Waals surface area contributed by atoms with Crippen molar-refractivity contribution in [2.24, 2.45) is 0 Å². The maximum absolute atomic E-state index is 10.7. The van der Waals surface area contributed by atoms with E-state index in [1.165, 1.54) is 13.2 Å². The molecule has 1 rings (SSSR count). The van der Waals surface area contributed by atoms with Gasteiger partial charge in [-0.15, -0.1) is 0 Å². The zero-order chi connectivity index (χ0) is 10.7. The number of carboxylic acid groups (broad SMARTS) is 1. The molecule has 3 N–H and O–H groups in total. The maximum atomic E-state index is 10.7. The fraction of sp³-hybridized carbons (Fsp3) is 0.222. The van der Waals surface area contributed by atoms with Crippen molar-refractivity contribution in [2.75, 3.05) is 7.11 Å². The van der Waals surface area contributed by atoms with Crippen molar-refractivity contribution in [2.45, 2.75) is 6.61 Å². The van der Waals surface area contributed by atoms with E-state index in [0.717, 1.165) is 6.07 Å². The summed E-state index contributed by atoms with van der Waals surface area (Å²) in [4.78, 5) is 10.7. The molecular formula is C9H10O5. The molecular weight excluding hydrogens is 188 g/mol. The fourth-order valence-electron chi connectivity index (χ4n) is 1.10. The van der Waals surface area contributed by atoms with Crippen LogP contribution in [0.3, 0.4) is 0 Å². The van der Waals surface area contributed by atoms with Crippen LogP contribution in [0.25, 0.3) is 0 Å². The number of methoxy groups -OCH3 is 1. The second-order valence-corrected chi connectivity index (χ2v) is 2.64. The first-order valence-corrected chi connectivity index (χ1v) is 3.84. The molecule has 14 heavy (non-hydrogen) atoms. The van der Waals surface area contributed by atoms with Crippen molar-refractivity contribution < 1.29 is 24.9 Å². The molecule has 0 radical (unpaired) electrons. The molecule has 0 atom stereocenters. The van der Waals surface area contributed by atoms with Crippen molar-refractivity contribution in [3.05, 3.63) is 23.3 Å². The Hall–Kier alpha value is -1.75. The zero-order valence-corrected chi connectivity index (χ0v) is 7.52. The van der Waals surface area contributed by atoms with Crippen molar-refractivity contribution in [1.82, 2.24) is 0 Å². The molecule has 5 heteroatoms. The van der Waals surface area contributed by atoms with E-state index >= 15 is 0 Å². The number of aliphatic hydroxyl groups is 1. The molecule has 0 unspecified atom stereocenters. The van der Waals surface area contributed by atoms with E-state index in [9.17, 15) is 9.90 Å². The maximum Gasteiger partial charge on any atom is 0.336 e. The number of phenolic OH excluding ortho intramolecular Hbond substituents is 1. The van der Waals surface area contributed by atoms with Gasteiger partial charge in [0.1, 0.15) is 0 Å². The van der Waals surface area contributed by atoms with Crippen molar-refractivity contribution >= 4 is 5.97 Å². The number of aromatic hydroxyl groups is 1. The van der Waals surface area contributed by atoms with Gasteiger partial charge >= 0.3 is 5.97 Å². The minimum atomic E-state index is -1.20. The summed E-state index contributed by atoms with van der Waals surface area (Å²) in [7, 11) is 1.34. The van der Waals surface area contributed by atoms with Gasteiger partial charge in [-0.3, -0.25) is 0 Å². The van der Waals surface area contributed by atoms with Crippen LogP contribution >= 0.6 is 0 Å². The van der Waals surface area contributed by atoms with Gasteiger partial charge in [-0.25, -0.2) is 4.79 Å². The van der Waals surface area contributed by atoms with Crippen LogP contribution in [0.4, 0.5) is 0 Å². The SMILES string of the molecule is COc1cc(CO)c(C(=O)O)cc1O. The molecule has 0 aliphatic carbocycles. The second-order valence-electron chi connectivity index (χ2n) is 2.64. The largest absolute Gasteiger partial charge is 0.504 e. The Morgan fingerprint density at radius 2 is 2.14 bits per heavy atom. The smallest absolute Gasteiger partial charge is 0.336 e. The summed E-state index contributed by atoms with van der Waals surface area (Å²) in [5.74, 6) is -1.33. The molecule has 0 fully saturated rings. The van der Waals surface area contributed by atoms with E-state index in [-0.39, 0.29) is 22.6 Å². The van der Waals surface area contributed by atoms with Crippen LogP contribution in [0.2, 0.25) is 0 Å². The third kappa shape index (κ3) is 1.77. The predicted molar refractivity (Wildman–Crippen MR) is 47.5 cm³/mol. The quantitative estimate of drug-likeness (QED) is 0.661. The van der Waals surface area contributed by atoms with Crippen molar-refractivity contribution in [1.29, 1.82) is 0 Å². The minimum absolute atomic E-state index is 0.134. The molecule has 0 saturated carbocycles. The number of hydrogen-bond donors (Lipinski definition) is 3. The van der Waals surface area contributed by atoms with Gasteiger partial charge in [-0.2, -0.15) is 0 Å². The summed E-state index contributed by atoms with van der Waals surface area (Å²) in [6, 6.07) is 2.34. The van der Waals surface area contributed by atoms with E-state index in [1.54, 1.807) is 0 Å². The van der Waals surface area contributed by atoms with Crippen LogP contribution in [0, 0.1) is 0 Å². The molecule has 1 aromatic carbocycles. The molecule has 0 aliphatic heterocycles. The lowest BCUT2D eigenvalue weighted by Gasteiger charge is -2.08. The molecule has 0 aliphatic rings. The van der Waals surface area contributed by atoms with E-state index in [0.29, 0.717) is 0 Å². The Morgan fingerprint density at radius 3 is 2.57 bits per heavy atom. The third-order valence-corrected chi connectivity index (χ3v) is 1.81. The molecule has 0 heterocycles. The molecule has 76 valence electrons. The standard InChI is InChI=1S/C9H10O5/c1-14-8-2-5(4-10)6(9(12)13)3-7(8)11/h2-3,10-11H,4H2,1H3,(H,12,13). The highest BCUT2D eigenvalue weighted by molar-refractivity contribution is 5.90. The van der Waals surface area contributed by atoms with Gasteiger partial charge in [-0.1, -0.05) is 0 Å². The lowest BCUT2D eigenvalue weighted by molar-refractivity contribution is 0.0692. The highest BCUT2D eigenvalue weighted by Gasteiger charge is 2.14. The number of carbonyl (C=O) groups is 1. The summed E-state index contributed by atoms with van der Waals surface area (Å²) in [6.07, 6.45) is 0. The first-order chi connectivity index (χ1) is 6.60. The summed E-state index contributed by atoms with van der Waals surface area (Å²) >= 11 is 0. The average molecular weight is 198 g/mol. The fourth-order valence-corrected chi connectivity index (χ4v) is 1.10. The van der Waals surface area contributed by atoms with Gasteiger partial charge in [0.25, 0.3) is 0 Å². The topological polar surface area (TPSA) is 87.0 Å². The van der Waals surface area contributed by atoms with Crippen LogP contribution in [0.1, 0.15) is 15.9 Å². The number of carboxylic acids is 1. The van der Waals surface area contributed by atoms with Gasteiger partial charge in [0, 0.05) is 0 Å². The minimum Gasteiger partial charge on any atom is -0.504 e. The number of aromatic carboxylic acids is 1. The van der Waals surface area contributed by atoms with Crippen LogP contribution in [-0.2, 0) is 6.61 Å². The lowest BCUT2D eigenvalue weighted by Crippen LogP contribution is -2.03. The lowest BCUT2D eigenvalue weighted by atomic mass is 10.1. The Morgan fingerprint density at radius 1 is 1.50 bits per heavy atom. The summed E-state index contributed by atoms with van der Waals surface area (Å²) in [6.45, 7) is -0.418. The van der Waals surface area contributed by atoms with Crippen LogP contribution in [-0.4, -0.2) is 28.4 Å². The van der Waals surface area contributed by atoms with Gasteiger partial charge in [0.15, 0.2) is 11.5 Å². The van der Waals surface area contributed by atoms with Crippen LogP contribution in [0.15, 0.2) is 12.1 Å². The Balaban J connectivity index is 3.31. The Kier molecular flexibility index (Phi) is 2.93. The van der Waals surface area contributed by atoms with E-state index < -0.39 is 12.6 Å².